The van der Waals surface area contributed by atoms with E-state index in [1.807, 2.05) is 0 Å². The molecule has 0 saturated carbocycles. The summed E-state index contributed by atoms with van der Waals surface area (Å²) in [6, 6.07) is 12.9. The predicted octanol–water partition coefficient (Wildman–Crippen LogP) is 5.37. The summed E-state index contributed by atoms with van der Waals surface area (Å²) >= 11 is 0. The lowest BCUT2D eigenvalue weighted by Gasteiger charge is -2.32. The predicted molar refractivity (Wildman–Crippen MR) is 103 cm³/mol. The molecule has 1 aromatic heterocycles. The van der Waals surface area contributed by atoms with Gasteiger partial charge in [-0.15, -0.1) is 0 Å². The van der Waals surface area contributed by atoms with E-state index in [4.69, 9.17) is 0 Å². The maximum Gasteiger partial charge on any atom is 0.391 e. The minimum Gasteiger partial charge on any atom is -0.346 e. The molecule has 0 aliphatic heterocycles. The van der Waals surface area contributed by atoms with Crippen LogP contribution in [-0.4, -0.2) is 22.6 Å². The van der Waals surface area contributed by atoms with Gasteiger partial charge in [-0.1, -0.05) is 30.3 Å². The summed E-state index contributed by atoms with van der Waals surface area (Å²) in [5.41, 5.74) is 0.0151. The molecule has 1 amide bonds. The highest BCUT2D eigenvalue weighted by molar-refractivity contribution is 5.98. The molecule has 1 N–H and O–H groups in total. The zero-order valence-electron chi connectivity index (χ0n) is 16.0. The Morgan fingerprint density at radius 1 is 1.10 bits per heavy atom. The summed E-state index contributed by atoms with van der Waals surface area (Å²) in [6.45, 7) is 2.95. The number of carbonyl (C=O) groups excluding carboxylic acids is 1. The number of aryl methyl sites for hydroxylation is 1. The Morgan fingerprint density at radius 3 is 2.45 bits per heavy atom. The summed E-state index contributed by atoms with van der Waals surface area (Å²) in [6.07, 6.45) is -4.36. The highest BCUT2D eigenvalue weighted by atomic mass is 19.4. The van der Waals surface area contributed by atoms with E-state index in [0.717, 1.165) is 0 Å². The van der Waals surface area contributed by atoms with Gasteiger partial charge in [-0.25, -0.2) is 4.39 Å². The first-order chi connectivity index (χ1) is 13.6. The van der Waals surface area contributed by atoms with E-state index in [-0.39, 0.29) is 12.0 Å². The summed E-state index contributed by atoms with van der Waals surface area (Å²) in [7, 11) is 0. The number of carbonyl (C=O) groups is 1. The van der Waals surface area contributed by atoms with Crippen LogP contribution in [-0.2, 0) is 6.42 Å². The van der Waals surface area contributed by atoms with Gasteiger partial charge in [0.05, 0.1) is 23.0 Å². The van der Waals surface area contributed by atoms with E-state index in [1.165, 1.54) is 31.3 Å². The SMILES string of the molecule is Cc1c(F)ccc2cc(C(=O)NC(C)(Cc3ccccc3)CC(F)(F)F)cnc12. The first-order valence-electron chi connectivity index (χ1n) is 9.04. The van der Waals surface area contributed by atoms with Gasteiger partial charge in [-0.3, -0.25) is 9.78 Å². The average molecular weight is 404 g/mol. The fourth-order valence-corrected chi connectivity index (χ4v) is 3.43. The number of hydrogen-bond donors (Lipinski definition) is 1. The minimum absolute atomic E-state index is 0.0183. The monoisotopic (exact) mass is 404 g/mol. The molecule has 0 radical (unpaired) electrons. The number of fused-ring (bicyclic) bond motifs is 1. The van der Waals surface area contributed by atoms with Crippen LogP contribution in [0.15, 0.2) is 54.7 Å². The van der Waals surface area contributed by atoms with Gasteiger partial charge < -0.3 is 5.32 Å². The van der Waals surface area contributed by atoms with Crippen molar-refractivity contribution in [2.24, 2.45) is 0 Å². The molecule has 2 aromatic carbocycles. The summed E-state index contributed by atoms with van der Waals surface area (Å²) in [4.78, 5) is 16.9. The highest BCUT2D eigenvalue weighted by Crippen LogP contribution is 2.30. The second-order valence-electron chi connectivity index (χ2n) is 7.44. The fourth-order valence-electron chi connectivity index (χ4n) is 3.43. The van der Waals surface area contributed by atoms with Crippen LogP contribution < -0.4 is 5.32 Å². The van der Waals surface area contributed by atoms with Crippen LogP contribution in [0.2, 0.25) is 0 Å². The van der Waals surface area contributed by atoms with Crippen molar-refractivity contribution in [1.82, 2.24) is 10.3 Å². The number of amides is 1. The molecule has 3 rings (SSSR count). The van der Waals surface area contributed by atoms with Crippen molar-refractivity contribution in [3.8, 4) is 0 Å². The molecule has 7 heteroatoms. The zero-order valence-corrected chi connectivity index (χ0v) is 16.0. The molecule has 0 bridgehead atoms. The van der Waals surface area contributed by atoms with Crippen molar-refractivity contribution in [2.45, 2.75) is 38.4 Å². The van der Waals surface area contributed by atoms with Crippen LogP contribution in [0.4, 0.5) is 17.6 Å². The molecule has 0 aliphatic rings. The number of aromatic nitrogens is 1. The number of halogens is 4. The fraction of sp³-hybridized carbons (Fsp3) is 0.273. The molecular formula is C22H20F4N2O. The lowest BCUT2D eigenvalue weighted by molar-refractivity contribution is -0.147. The van der Waals surface area contributed by atoms with Crippen molar-refractivity contribution in [1.29, 1.82) is 0 Å². The molecule has 0 fully saturated rings. The van der Waals surface area contributed by atoms with Gasteiger partial charge in [0.15, 0.2) is 0 Å². The van der Waals surface area contributed by atoms with E-state index in [2.05, 4.69) is 10.3 Å². The molecule has 0 saturated heterocycles. The smallest absolute Gasteiger partial charge is 0.346 e. The maximum atomic E-state index is 13.7. The van der Waals surface area contributed by atoms with E-state index in [1.54, 1.807) is 37.3 Å². The van der Waals surface area contributed by atoms with Crippen molar-refractivity contribution < 1.29 is 22.4 Å². The van der Waals surface area contributed by atoms with Crippen molar-refractivity contribution in [3.05, 3.63) is 77.2 Å². The minimum atomic E-state index is -4.45. The topological polar surface area (TPSA) is 42.0 Å². The molecule has 1 atom stereocenters. The largest absolute Gasteiger partial charge is 0.391 e. The molecule has 29 heavy (non-hydrogen) atoms. The van der Waals surface area contributed by atoms with Gasteiger partial charge in [0.1, 0.15) is 5.82 Å². The normalized spacial score (nSPS) is 13.9. The Bertz CT molecular complexity index is 1030. The van der Waals surface area contributed by atoms with Crippen LogP contribution in [0.5, 0.6) is 0 Å². The van der Waals surface area contributed by atoms with Crippen molar-refractivity contribution >= 4 is 16.8 Å². The van der Waals surface area contributed by atoms with Crippen LogP contribution in [0.3, 0.4) is 0 Å². The van der Waals surface area contributed by atoms with Crippen LogP contribution >= 0.6 is 0 Å². The number of hydrogen-bond acceptors (Lipinski definition) is 2. The van der Waals surface area contributed by atoms with Gasteiger partial charge in [0.25, 0.3) is 5.91 Å². The van der Waals surface area contributed by atoms with Gasteiger partial charge in [-0.2, -0.15) is 13.2 Å². The quantitative estimate of drug-likeness (QED) is 0.581. The third kappa shape index (κ3) is 5.10. The number of rotatable bonds is 5. The van der Waals surface area contributed by atoms with E-state index >= 15 is 0 Å². The molecule has 0 spiro atoms. The molecule has 1 unspecified atom stereocenters. The number of alkyl halides is 3. The zero-order chi connectivity index (χ0) is 21.2. The highest BCUT2D eigenvalue weighted by Gasteiger charge is 2.40. The Hall–Kier alpha value is -2.96. The van der Waals surface area contributed by atoms with Crippen LogP contribution in [0.25, 0.3) is 10.9 Å². The third-order valence-electron chi connectivity index (χ3n) is 4.75. The van der Waals surface area contributed by atoms with Gasteiger partial charge in [-0.05, 0) is 44.0 Å². The molecule has 3 aromatic rings. The van der Waals surface area contributed by atoms with Crippen molar-refractivity contribution in [2.75, 3.05) is 0 Å². The average Bonchev–Trinajstić information content (AvgIpc) is 2.63. The number of pyridine rings is 1. The summed E-state index contributed by atoms with van der Waals surface area (Å²) in [5.74, 6) is -1.08. The first kappa shape index (κ1) is 20.8. The summed E-state index contributed by atoms with van der Waals surface area (Å²) in [5, 5.41) is 3.07. The molecule has 3 nitrogen and oxygen atoms in total. The maximum absolute atomic E-state index is 13.7. The molecule has 152 valence electrons. The van der Waals surface area contributed by atoms with Gasteiger partial charge in [0, 0.05) is 17.1 Å². The van der Waals surface area contributed by atoms with E-state index in [9.17, 15) is 22.4 Å². The Balaban J connectivity index is 1.89. The molecular weight excluding hydrogens is 384 g/mol. The van der Waals surface area contributed by atoms with Crippen LogP contribution in [0.1, 0.15) is 34.8 Å². The van der Waals surface area contributed by atoms with E-state index in [0.29, 0.717) is 22.0 Å². The third-order valence-corrected chi connectivity index (χ3v) is 4.75. The van der Waals surface area contributed by atoms with E-state index < -0.39 is 29.9 Å². The van der Waals surface area contributed by atoms with Crippen molar-refractivity contribution in [3.63, 3.8) is 0 Å². The lowest BCUT2D eigenvalue weighted by atomic mass is 9.88. The van der Waals surface area contributed by atoms with Crippen LogP contribution in [0, 0.1) is 12.7 Å². The second-order valence-corrected chi connectivity index (χ2v) is 7.44. The second kappa shape index (κ2) is 7.81. The number of nitrogens with zero attached hydrogens (tertiary/aromatic N) is 1. The standard InChI is InChI=1S/C22H20F4N2O/c1-14-18(23)9-8-16-10-17(12-27-19(14)16)20(29)28-21(2,13-22(24,25)26)11-15-6-4-3-5-7-15/h3-10,12H,11,13H2,1-2H3,(H,28,29). The summed E-state index contributed by atoms with van der Waals surface area (Å²) < 4.78 is 53.3. The lowest BCUT2D eigenvalue weighted by Crippen LogP contribution is -2.50. The van der Waals surface area contributed by atoms with Gasteiger partial charge >= 0.3 is 6.18 Å². The first-order valence-corrected chi connectivity index (χ1v) is 9.04. The molecule has 0 aliphatic carbocycles. The Kier molecular flexibility index (Phi) is 5.59. The molecule has 1 heterocycles. The Labute approximate surface area is 165 Å². The number of nitrogens with one attached hydrogen (secondary N) is 1. The number of benzene rings is 2. The van der Waals surface area contributed by atoms with Gasteiger partial charge in [0.2, 0.25) is 0 Å². The Morgan fingerprint density at radius 2 is 1.79 bits per heavy atom.